The first-order valence-electron chi connectivity index (χ1n) is 8.03. The van der Waals surface area contributed by atoms with E-state index in [9.17, 15) is 0 Å². The third-order valence-electron chi connectivity index (χ3n) is 4.48. The van der Waals surface area contributed by atoms with Crippen molar-refractivity contribution in [1.82, 2.24) is 14.8 Å². The lowest BCUT2D eigenvalue weighted by molar-refractivity contribution is 0.181. The zero-order valence-corrected chi connectivity index (χ0v) is 13.7. The summed E-state index contributed by atoms with van der Waals surface area (Å²) in [5, 5.41) is 5.04. The second kappa shape index (κ2) is 7.14. The van der Waals surface area contributed by atoms with Gasteiger partial charge < -0.3 is 4.74 Å². The number of halogens is 1. The van der Waals surface area contributed by atoms with Crippen molar-refractivity contribution in [3.63, 3.8) is 0 Å². The van der Waals surface area contributed by atoms with Gasteiger partial charge in [-0.1, -0.05) is 24.4 Å². The summed E-state index contributed by atoms with van der Waals surface area (Å²) in [5.41, 5.74) is 1.35. The van der Waals surface area contributed by atoms with E-state index in [1.54, 1.807) is 12.4 Å². The van der Waals surface area contributed by atoms with E-state index in [1.807, 2.05) is 12.3 Å². The standard InChI is InChI=1S/C17H22ClN3O/c1-2-21-17(7-8-20-21)16-6-4-3-5-13(16)12-22-15-9-14(18)10-19-11-15/h7-11,13,16H,2-6,12H2,1H3. The molecule has 1 saturated carbocycles. The minimum Gasteiger partial charge on any atom is -0.492 e. The summed E-state index contributed by atoms with van der Waals surface area (Å²) >= 11 is 5.96. The fraction of sp³-hybridized carbons (Fsp3) is 0.529. The first-order chi connectivity index (χ1) is 10.8. The molecule has 118 valence electrons. The molecule has 2 aromatic rings. The Labute approximate surface area is 136 Å². The molecule has 0 amide bonds. The second-order valence-corrected chi connectivity index (χ2v) is 6.31. The van der Waals surface area contributed by atoms with Crippen molar-refractivity contribution in [3.8, 4) is 5.75 Å². The molecule has 4 nitrogen and oxygen atoms in total. The number of aryl methyl sites for hydroxylation is 1. The minimum atomic E-state index is 0.523. The number of rotatable bonds is 5. The van der Waals surface area contributed by atoms with Crippen molar-refractivity contribution in [3.05, 3.63) is 41.4 Å². The van der Waals surface area contributed by atoms with E-state index in [4.69, 9.17) is 16.3 Å². The van der Waals surface area contributed by atoms with Crippen LogP contribution in [0.2, 0.25) is 5.02 Å². The van der Waals surface area contributed by atoms with Gasteiger partial charge in [0, 0.05) is 42.5 Å². The molecule has 2 heterocycles. The highest BCUT2D eigenvalue weighted by Gasteiger charge is 2.29. The third kappa shape index (κ3) is 3.43. The molecule has 5 heteroatoms. The van der Waals surface area contributed by atoms with E-state index in [0.717, 1.165) is 12.3 Å². The van der Waals surface area contributed by atoms with Crippen molar-refractivity contribution in [2.75, 3.05) is 6.61 Å². The molecule has 0 radical (unpaired) electrons. The Bertz CT molecular complexity index is 613. The molecule has 2 unspecified atom stereocenters. The van der Waals surface area contributed by atoms with E-state index in [-0.39, 0.29) is 0 Å². The maximum absolute atomic E-state index is 5.96. The zero-order valence-electron chi connectivity index (χ0n) is 12.9. The fourth-order valence-corrected chi connectivity index (χ4v) is 3.56. The van der Waals surface area contributed by atoms with E-state index >= 15 is 0 Å². The normalized spacial score (nSPS) is 21.7. The molecule has 0 saturated heterocycles. The van der Waals surface area contributed by atoms with Crippen LogP contribution in [0.3, 0.4) is 0 Å². The molecule has 0 aliphatic heterocycles. The van der Waals surface area contributed by atoms with Crippen LogP contribution in [0.4, 0.5) is 0 Å². The summed E-state index contributed by atoms with van der Waals surface area (Å²) in [6, 6.07) is 3.98. The summed E-state index contributed by atoms with van der Waals surface area (Å²) in [6.07, 6.45) is 10.2. The van der Waals surface area contributed by atoms with Crippen molar-refractivity contribution >= 4 is 11.6 Å². The Morgan fingerprint density at radius 2 is 2.18 bits per heavy atom. The monoisotopic (exact) mass is 319 g/mol. The highest BCUT2D eigenvalue weighted by atomic mass is 35.5. The van der Waals surface area contributed by atoms with Crippen molar-refractivity contribution in [2.45, 2.75) is 45.1 Å². The lowest BCUT2D eigenvalue weighted by Gasteiger charge is -2.31. The van der Waals surface area contributed by atoms with Gasteiger partial charge in [-0.25, -0.2) is 0 Å². The highest BCUT2D eigenvalue weighted by Crippen LogP contribution is 2.38. The van der Waals surface area contributed by atoms with Crippen molar-refractivity contribution < 1.29 is 4.74 Å². The molecule has 0 spiro atoms. The first kappa shape index (κ1) is 15.3. The lowest BCUT2D eigenvalue weighted by atomic mass is 9.78. The van der Waals surface area contributed by atoms with Gasteiger partial charge in [0.1, 0.15) is 5.75 Å². The largest absolute Gasteiger partial charge is 0.492 e. The maximum atomic E-state index is 5.96. The van der Waals surface area contributed by atoms with Gasteiger partial charge in [0.2, 0.25) is 0 Å². The quantitative estimate of drug-likeness (QED) is 0.824. The number of nitrogens with zero attached hydrogens (tertiary/aromatic N) is 3. The van der Waals surface area contributed by atoms with Gasteiger partial charge >= 0.3 is 0 Å². The van der Waals surface area contributed by atoms with E-state index < -0.39 is 0 Å². The molecule has 2 aromatic heterocycles. The maximum Gasteiger partial charge on any atom is 0.139 e. The molecule has 2 atom stereocenters. The summed E-state index contributed by atoms with van der Waals surface area (Å²) in [5.74, 6) is 1.80. The highest BCUT2D eigenvalue weighted by molar-refractivity contribution is 6.30. The molecule has 3 rings (SSSR count). The number of hydrogen-bond donors (Lipinski definition) is 0. The van der Waals surface area contributed by atoms with Crippen LogP contribution in [-0.4, -0.2) is 21.4 Å². The number of pyridine rings is 1. The van der Waals surface area contributed by atoms with Crippen LogP contribution in [0.1, 0.15) is 44.2 Å². The first-order valence-corrected chi connectivity index (χ1v) is 8.40. The van der Waals surface area contributed by atoms with Crippen LogP contribution in [0.15, 0.2) is 30.7 Å². The van der Waals surface area contributed by atoms with Crippen LogP contribution in [-0.2, 0) is 6.54 Å². The number of ether oxygens (including phenoxy) is 1. The van der Waals surface area contributed by atoms with E-state index in [0.29, 0.717) is 23.5 Å². The molecular weight excluding hydrogens is 298 g/mol. The topological polar surface area (TPSA) is 39.9 Å². The summed E-state index contributed by atoms with van der Waals surface area (Å²) in [7, 11) is 0. The SMILES string of the molecule is CCn1nccc1C1CCCCC1COc1cncc(Cl)c1. The summed E-state index contributed by atoms with van der Waals surface area (Å²) in [6.45, 7) is 3.77. The van der Waals surface area contributed by atoms with Gasteiger partial charge in [0.15, 0.2) is 0 Å². The van der Waals surface area contributed by atoms with Crippen LogP contribution in [0, 0.1) is 5.92 Å². The van der Waals surface area contributed by atoms with Crippen molar-refractivity contribution in [2.24, 2.45) is 5.92 Å². The number of hydrogen-bond acceptors (Lipinski definition) is 3. The Morgan fingerprint density at radius 3 is 3.00 bits per heavy atom. The molecular formula is C17H22ClN3O. The minimum absolute atomic E-state index is 0.523. The second-order valence-electron chi connectivity index (χ2n) is 5.87. The van der Waals surface area contributed by atoms with Gasteiger partial charge in [0.25, 0.3) is 0 Å². The molecule has 22 heavy (non-hydrogen) atoms. The fourth-order valence-electron chi connectivity index (χ4n) is 3.39. The van der Waals surface area contributed by atoms with Gasteiger partial charge in [-0.15, -0.1) is 0 Å². The predicted molar refractivity (Wildman–Crippen MR) is 87.3 cm³/mol. The van der Waals surface area contributed by atoms with E-state index in [2.05, 4.69) is 27.8 Å². The average molecular weight is 320 g/mol. The Kier molecular flexibility index (Phi) is 4.98. The van der Waals surface area contributed by atoms with Crippen LogP contribution in [0.25, 0.3) is 0 Å². The van der Waals surface area contributed by atoms with Gasteiger partial charge in [-0.3, -0.25) is 9.67 Å². The smallest absolute Gasteiger partial charge is 0.139 e. The van der Waals surface area contributed by atoms with Crippen LogP contribution < -0.4 is 4.74 Å². The Hall–Kier alpha value is -1.55. The zero-order chi connectivity index (χ0) is 15.4. The van der Waals surface area contributed by atoms with Crippen LogP contribution in [0.5, 0.6) is 5.75 Å². The Morgan fingerprint density at radius 1 is 1.32 bits per heavy atom. The molecule has 1 aliphatic rings. The van der Waals surface area contributed by atoms with Gasteiger partial charge in [0.05, 0.1) is 17.8 Å². The van der Waals surface area contributed by atoms with Gasteiger partial charge in [-0.05, 0) is 25.8 Å². The van der Waals surface area contributed by atoms with Crippen molar-refractivity contribution in [1.29, 1.82) is 0 Å². The molecule has 0 bridgehead atoms. The molecule has 0 aromatic carbocycles. The third-order valence-corrected chi connectivity index (χ3v) is 4.69. The Balaban J connectivity index is 1.70. The average Bonchev–Trinajstić information content (AvgIpc) is 3.02. The summed E-state index contributed by atoms with van der Waals surface area (Å²) < 4.78 is 8.07. The van der Waals surface area contributed by atoms with Crippen LogP contribution >= 0.6 is 11.6 Å². The predicted octanol–water partition coefficient (Wildman–Crippen LogP) is 4.30. The summed E-state index contributed by atoms with van der Waals surface area (Å²) in [4.78, 5) is 4.07. The molecule has 1 fully saturated rings. The lowest BCUT2D eigenvalue weighted by Crippen LogP contribution is -2.26. The molecule has 1 aliphatic carbocycles. The van der Waals surface area contributed by atoms with E-state index in [1.165, 1.54) is 31.4 Å². The van der Waals surface area contributed by atoms with Gasteiger partial charge in [-0.2, -0.15) is 5.10 Å². The molecule has 0 N–H and O–H groups in total. The number of aromatic nitrogens is 3.